The third kappa shape index (κ3) is 5.02. The van der Waals surface area contributed by atoms with Crippen LogP contribution in [0.5, 0.6) is 0 Å². The van der Waals surface area contributed by atoms with Crippen LogP contribution in [0.1, 0.15) is 54.4 Å². The highest BCUT2D eigenvalue weighted by Crippen LogP contribution is 2.29. The number of halogens is 1. The minimum absolute atomic E-state index is 0.196. The molecule has 2 saturated carbocycles. The molecule has 4 nitrogen and oxygen atoms in total. The molecule has 2 aliphatic rings. The average molecular weight is 335 g/mol. The largest absolute Gasteiger partial charge is 0.393 e. The van der Waals surface area contributed by atoms with Gasteiger partial charge in [-0.1, -0.05) is 6.42 Å². The quantitative estimate of drug-likeness (QED) is 0.805. The zero-order chi connectivity index (χ0) is 16.9. The van der Waals surface area contributed by atoms with Crippen molar-refractivity contribution in [2.75, 3.05) is 13.2 Å². The fourth-order valence-corrected chi connectivity index (χ4v) is 3.23. The molecule has 0 aliphatic heterocycles. The Hall–Kier alpha value is -1.46. The van der Waals surface area contributed by atoms with Gasteiger partial charge in [-0.25, -0.2) is 4.39 Å². The zero-order valence-corrected chi connectivity index (χ0v) is 14.0. The standard InChI is InChI=1S/C19H26FNO3/c20-18-7-6-15(9-16(18)12-24-11-13-4-5-13)19(23)21-10-14-2-1-3-17(22)8-14/h6-7,9,13-14,17,22H,1-5,8,10-12H2,(H,21,23). The maximum absolute atomic E-state index is 13.9. The van der Waals surface area contributed by atoms with Crippen LogP contribution in [0.3, 0.4) is 0 Å². The summed E-state index contributed by atoms with van der Waals surface area (Å²) in [5.74, 6) is 0.418. The Labute approximate surface area is 142 Å². The molecule has 0 heterocycles. The van der Waals surface area contributed by atoms with Crippen LogP contribution in [0.25, 0.3) is 0 Å². The molecule has 3 rings (SSSR count). The molecule has 1 aromatic rings. The third-order valence-electron chi connectivity index (χ3n) is 4.92. The van der Waals surface area contributed by atoms with E-state index in [0.717, 1.165) is 25.7 Å². The van der Waals surface area contributed by atoms with E-state index in [2.05, 4.69) is 5.32 Å². The van der Waals surface area contributed by atoms with Crippen LogP contribution in [-0.2, 0) is 11.3 Å². The lowest BCUT2D eigenvalue weighted by molar-refractivity contribution is 0.0873. The van der Waals surface area contributed by atoms with Gasteiger partial charge in [0.05, 0.1) is 12.7 Å². The summed E-state index contributed by atoms with van der Waals surface area (Å²) in [6.45, 7) is 1.43. The second-order valence-electron chi connectivity index (χ2n) is 7.16. The van der Waals surface area contributed by atoms with E-state index in [9.17, 15) is 14.3 Å². The van der Waals surface area contributed by atoms with Crippen LogP contribution in [0.2, 0.25) is 0 Å². The van der Waals surface area contributed by atoms with Gasteiger partial charge in [0.2, 0.25) is 0 Å². The lowest BCUT2D eigenvalue weighted by Crippen LogP contribution is -2.33. The Morgan fingerprint density at radius 1 is 1.25 bits per heavy atom. The van der Waals surface area contributed by atoms with Crippen LogP contribution in [0.15, 0.2) is 18.2 Å². The van der Waals surface area contributed by atoms with Gasteiger partial charge in [-0.15, -0.1) is 0 Å². The molecule has 2 atom stereocenters. The first-order valence-corrected chi connectivity index (χ1v) is 8.94. The van der Waals surface area contributed by atoms with Gasteiger partial charge >= 0.3 is 0 Å². The molecule has 0 aromatic heterocycles. The predicted molar refractivity (Wildman–Crippen MR) is 89.1 cm³/mol. The lowest BCUT2D eigenvalue weighted by atomic mass is 9.87. The van der Waals surface area contributed by atoms with Gasteiger partial charge in [0.1, 0.15) is 5.82 Å². The van der Waals surface area contributed by atoms with Crippen molar-refractivity contribution in [3.05, 3.63) is 35.1 Å². The number of ether oxygens (including phenoxy) is 1. The first kappa shape index (κ1) is 17.4. The molecule has 0 bridgehead atoms. The van der Waals surface area contributed by atoms with Gasteiger partial charge in [0, 0.05) is 24.3 Å². The minimum atomic E-state index is -0.335. The van der Waals surface area contributed by atoms with Gasteiger partial charge in [-0.2, -0.15) is 0 Å². The SMILES string of the molecule is O=C(NCC1CCCC(O)C1)c1ccc(F)c(COCC2CC2)c1. The molecule has 2 N–H and O–H groups in total. The molecular weight excluding hydrogens is 309 g/mol. The summed E-state index contributed by atoms with van der Waals surface area (Å²) >= 11 is 0. The van der Waals surface area contributed by atoms with Gasteiger partial charge in [-0.05, 0) is 62.1 Å². The van der Waals surface area contributed by atoms with E-state index in [0.29, 0.717) is 36.1 Å². The van der Waals surface area contributed by atoms with E-state index in [4.69, 9.17) is 4.74 Å². The Kier molecular flexibility index (Phi) is 5.85. The zero-order valence-electron chi connectivity index (χ0n) is 14.0. The van der Waals surface area contributed by atoms with Crippen molar-refractivity contribution in [1.82, 2.24) is 5.32 Å². The number of aliphatic hydroxyl groups is 1. The normalized spacial score (nSPS) is 23.9. The van der Waals surface area contributed by atoms with Crippen LogP contribution < -0.4 is 5.32 Å². The molecule has 2 fully saturated rings. The van der Waals surface area contributed by atoms with E-state index in [1.54, 1.807) is 6.07 Å². The molecule has 1 aromatic carbocycles. The van der Waals surface area contributed by atoms with E-state index in [1.165, 1.54) is 25.0 Å². The highest BCUT2D eigenvalue weighted by Gasteiger charge is 2.22. The number of carbonyl (C=O) groups is 1. The van der Waals surface area contributed by atoms with Crippen molar-refractivity contribution in [2.24, 2.45) is 11.8 Å². The molecule has 1 amide bonds. The second-order valence-corrected chi connectivity index (χ2v) is 7.16. The van der Waals surface area contributed by atoms with Crippen LogP contribution >= 0.6 is 0 Å². The Bertz CT molecular complexity index is 574. The smallest absolute Gasteiger partial charge is 0.251 e. The second kappa shape index (κ2) is 8.08. The van der Waals surface area contributed by atoms with Gasteiger partial charge in [0.15, 0.2) is 0 Å². The van der Waals surface area contributed by atoms with Gasteiger partial charge in [0.25, 0.3) is 5.91 Å². The highest BCUT2D eigenvalue weighted by molar-refractivity contribution is 5.94. The molecule has 2 unspecified atom stereocenters. The number of amides is 1. The van der Waals surface area contributed by atoms with Crippen molar-refractivity contribution < 1.29 is 19.0 Å². The summed E-state index contributed by atoms with van der Waals surface area (Å²) in [6.07, 6.45) is 5.77. The van der Waals surface area contributed by atoms with Gasteiger partial charge < -0.3 is 15.2 Å². The molecule has 132 valence electrons. The molecular formula is C19H26FNO3. The van der Waals surface area contributed by atoms with Crippen molar-refractivity contribution in [3.63, 3.8) is 0 Å². The molecule has 0 saturated heterocycles. The van der Waals surface area contributed by atoms with Crippen LogP contribution in [0.4, 0.5) is 4.39 Å². The Morgan fingerprint density at radius 3 is 2.83 bits per heavy atom. The molecule has 2 aliphatic carbocycles. The summed E-state index contributed by atoms with van der Waals surface area (Å²) in [5.41, 5.74) is 0.883. The van der Waals surface area contributed by atoms with Gasteiger partial charge in [-0.3, -0.25) is 4.79 Å². The van der Waals surface area contributed by atoms with Crippen LogP contribution in [0, 0.1) is 17.7 Å². The van der Waals surface area contributed by atoms with E-state index < -0.39 is 0 Å². The number of nitrogens with one attached hydrogen (secondary N) is 1. The number of carbonyl (C=O) groups excluding carboxylic acids is 1. The summed E-state index contributed by atoms with van der Waals surface area (Å²) in [4.78, 5) is 12.3. The Balaban J connectivity index is 1.51. The summed E-state index contributed by atoms with van der Waals surface area (Å²) < 4.78 is 19.4. The predicted octanol–water partition coefficient (Wildman–Crippen LogP) is 3.03. The third-order valence-corrected chi connectivity index (χ3v) is 4.92. The van der Waals surface area contributed by atoms with Crippen molar-refractivity contribution in [2.45, 2.75) is 51.2 Å². The summed E-state index contributed by atoms with van der Waals surface area (Å²) in [5, 5.41) is 12.6. The fraction of sp³-hybridized carbons (Fsp3) is 0.632. The van der Waals surface area contributed by atoms with Crippen LogP contribution in [-0.4, -0.2) is 30.3 Å². The van der Waals surface area contributed by atoms with E-state index >= 15 is 0 Å². The first-order valence-electron chi connectivity index (χ1n) is 8.94. The first-order chi connectivity index (χ1) is 11.6. The highest BCUT2D eigenvalue weighted by atomic mass is 19.1. The monoisotopic (exact) mass is 335 g/mol. The molecule has 0 spiro atoms. The van der Waals surface area contributed by atoms with E-state index in [-0.39, 0.29) is 24.4 Å². The molecule has 5 heteroatoms. The number of rotatable bonds is 7. The number of aliphatic hydroxyl groups excluding tert-OH is 1. The molecule has 24 heavy (non-hydrogen) atoms. The maximum atomic E-state index is 13.9. The topological polar surface area (TPSA) is 58.6 Å². The maximum Gasteiger partial charge on any atom is 0.251 e. The number of hydrogen-bond acceptors (Lipinski definition) is 3. The molecule has 0 radical (unpaired) electrons. The number of hydrogen-bond donors (Lipinski definition) is 2. The lowest BCUT2D eigenvalue weighted by Gasteiger charge is -2.25. The minimum Gasteiger partial charge on any atom is -0.393 e. The van der Waals surface area contributed by atoms with Crippen molar-refractivity contribution in [1.29, 1.82) is 0 Å². The average Bonchev–Trinajstić information content (AvgIpc) is 3.39. The van der Waals surface area contributed by atoms with Crippen molar-refractivity contribution >= 4 is 5.91 Å². The Morgan fingerprint density at radius 2 is 2.08 bits per heavy atom. The van der Waals surface area contributed by atoms with E-state index in [1.807, 2.05) is 0 Å². The fourth-order valence-electron chi connectivity index (χ4n) is 3.23. The summed E-state index contributed by atoms with van der Waals surface area (Å²) in [7, 11) is 0. The van der Waals surface area contributed by atoms with Crippen molar-refractivity contribution in [3.8, 4) is 0 Å². The number of benzene rings is 1. The summed E-state index contributed by atoms with van der Waals surface area (Å²) in [6, 6.07) is 4.41.